The van der Waals surface area contributed by atoms with Gasteiger partial charge in [-0.15, -0.1) is 5.10 Å². The number of nitrogens with one attached hydrogen (secondary N) is 2. The molecule has 2 unspecified atom stereocenters. The van der Waals surface area contributed by atoms with Crippen LogP contribution in [0.5, 0.6) is 0 Å². The Labute approximate surface area is 153 Å². The highest BCUT2D eigenvalue weighted by Gasteiger charge is 2.30. The Balaban J connectivity index is 1.90. The van der Waals surface area contributed by atoms with Crippen molar-refractivity contribution in [1.82, 2.24) is 25.0 Å². The second kappa shape index (κ2) is 8.77. The summed E-state index contributed by atoms with van der Waals surface area (Å²) in [5.41, 5.74) is 0. The zero-order chi connectivity index (χ0) is 19.3. The van der Waals surface area contributed by atoms with E-state index in [1.54, 1.807) is 14.1 Å². The highest BCUT2D eigenvalue weighted by Crippen LogP contribution is 2.30. The molecule has 9 heteroatoms. The molecular formula is C17H28N6O3. The van der Waals surface area contributed by atoms with Crippen LogP contribution in [0.3, 0.4) is 0 Å². The number of hydrogen-bond donors (Lipinski definition) is 2. The van der Waals surface area contributed by atoms with E-state index in [9.17, 15) is 14.4 Å². The van der Waals surface area contributed by atoms with Crippen molar-refractivity contribution in [3.63, 3.8) is 0 Å². The fourth-order valence-electron chi connectivity index (χ4n) is 3.24. The Kier molecular flexibility index (Phi) is 6.70. The van der Waals surface area contributed by atoms with E-state index < -0.39 is 11.8 Å². The minimum absolute atomic E-state index is 0.000704. The molecule has 0 aromatic carbocycles. The zero-order valence-corrected chi connectivity index (χ0v) is 15.9. The smallest absolute Gasteiger partial charge is 0.316 e. The van der Waals surface area contributed by atoms with Gasteiger partial charge in [0.1, 0.15) is 12.9 Å². The van der Waals surface area contributed by atoms with E-state index in [2.05, 4.69) is 34.6 Å². The van der Waals surface area contributed by atoms with Gasteiger partial charge in [-0.05, 0) is 24.7 Å². The summed E-state index contributed by atoms with van der Waals surface area (Å²) in [5, 5.41) is 9.22. The summed E-state index contributed by atoms with van der Waals surface area (Å²) in [6.07, 6.45) is 5.51. The van der Waals surface area contributed by atoms with Crippen molar-refractivity contribution in [2.75, 3.05) is 19.4 Å². The van der Waals surface area contributed by atoms with Crippen molar-refractivity contribution in [3.8, 4) is 0 Å². The van der Waals surface area contributed by atoms with Crippen LogP contribution in [0.15, 0.2) is 6.33 Å². The third-order valence-corrected chi connectivity index (χ3v) is 4.76. The average Bonchev–Trinajstić information content (AvgIpc) is 3.01. The standard InChI is InChI=1S/C17H28N6O3/c1-11(2)12-7-5-6-8-13(12)19-15(25)16(26)20-17-18-10-23(21-17)9-14(24)22(3)4/h10-13H,5-9H2,1-4H3,(H,19,25)(H,20,21,26). The Hall–Kier alpha value is -2.45. The summed E-state index contributed by atoms with van der Waals surface area (Å²) in [7, 11) is 3.28. The van der Waals surface area contributed by atoms with Crippen LogP contribution in [-0.4, -0.2) is 57.5 Å². The van der Waals surface area contributed by atoms with Crippen molar-refractivity contribution in [2.45, 2.75) is 52.1 Å². The van der Waals surface area contributed by atoms with Crippen LogP contribution in [0.1, 0.15) is 39.5 Å². The van der Waals surface area contributed by atoms with Crippen LogP contribution in [0, 0.1) is 11.8 Å². The quantitative estimate of drug-likeness (QED) is 0.745. The molecule has 2 N–H and O–H groups in total. The van der Waals surface area contributed by atoms with E-state index in [1.165, 1.54) is 15.9 Å². The largest absolute Gasteiger partial charge is 0.347 e. The SMILES string of the molecule is CC(C)C1CCCCC1NC(=O)C(=O)Nc1ncn(CC(=O)N(C)C)n1. The summed E-state index contributed by atoms with van der Waals surface area (Å²) < 4.78 is 1.31. The Bertz CT molecular complexity index is 655. The van der Waals surface area contributed by atoms with Gasteiger partial charge in [0.2, 0.25) is 11.9 Å². The number of likely N-dealkylation sites (N-methyl/N-ethyl adjacent to an activating group) is 1. The van der Waals surface area contributed by atoms with Crippen molar-refractivity contribution >= 4 is 23.7 Å². The second-order valence-electron chi connectivity index (χ2n) is 7.28. The molecule has 1 saturated carbocycles. The molecule has 2 atom stereocenters. The lowest BCUT2D eigenvalue weighted by atomic mass is 9.78. The van der Waals surface area contributed by atoms with Crippen LogP contribution < -0.4 is 10.6 Å². The van der Waals surface area contributed by atoms with Crippen molar-refractivity contribution in [1.29, 1.82) is 0 Å². The lowest BCUT2D eigenvalue weighted by Gasteiger charge is -2.34. The first kappa shape index (κ1) is 19.9. The predicted molar refractivity (Wildman–Crippen MR) is 96.1 cm³/mol. The van der Waals surface area contributed by atoms with Gasteiger partial charge in [-0.1, -0.05) is 26.7 Å². The number of anilines is 1. The number of nitrogens with zero attached hydrogens (tertiary/aromatic N) is 4. The van der Waals surface area contributed by atoms with E-state index >= 15 is 0 Å². The molecule has 26 heavy (non-hydrogen) atoms. The molecule has 1 aliphatic rings. The maximum Gasteiger partial charge on any atom is 0.316 e. The van der Waals surface area contributed by atoms with E-state index in [-0.39, 0.29) is 24.4 Å². The molecule has 9 nitrogen and oxygen atoms in total. The van der Waals surface area contributed by atoms with Gasteiger partial charge >= 0.3 is 11.8 Å². The fraction of sp³-hybridized carbons (Fsp3) is 0.706. The highest BCUT2D eigenvalue weighted by molar-refractivity contribution is 6.39. The van der Waals surface area contributed by atoms with Gasteiger partial charge in [-0.25, -0.2) is 9.67 Å². The minimum Gasteiger partial charge on any atom is -0.347 e. The highest BCUT2D eigenvalue weighted by atomic mass is 16.2. The molecule has 1 aliphatic carbocycles. The predicted octanol–water partition coefficient (Wildman–Crippen LogP) is 0.636. The van der Waals surface area contributed by atoms with Gasteiger partial charge in [-0.2, -0.15) is 0 Å². The maximum atomic E-state index is 12.2. The summed E-state index contributed by atoms with van der Waals surface area (Å²) in [6, 6.07) is 0.0187. The van der Waals surface area contributed by atoms with Crippen LogP contribution in [0.4, 0.5) is 5.95 Å². The molecule has 0 radical (unpaired) electrons. The van der Waals surface area contributed by atoms with Gasteiger partial charge in [0.25, 0.3) is 0 Å². The third-order valence-electron chi connectivity index (χ3n) is 4.76. The Morgan fingerprint density at radius 3 is 2.58 bits per heavy atom. The number of amides is 3. The fourth-order valence-corrected chi connectivity index (χ4v) is 3.24. The lowest BCUT2D eigenvalue weighted by molar-refractivity contribution is -0.137. The topological polar surface area (TPSA) is 109 Å². The van der Waals surface area contributed by atoms with Crippen molar-refractivity contribution < 1.29 is 14.4 Å². The third kappa shape index (κ3) is 5.27. The average molecular weight is 364 g/mol. The van der Waals surface area contributed by atoms with Crippen LogP contribution in [0.2, 0.25) is 0 Å². The molecule has 1 heterocycles. The molecule has 2 rings (SSSR count). The molecule has 0 bridgehead atoms. The Morgan fingerprint density at radius 2 is 1.92 bits per heavy atom. The van der Waals surface area contributed by atoms with Gasteiger partial charge in [0, 0.05) is 20.1 Å². The van der Waals surface area contributed by atoms with Crippen molar-refractivity contribution in [2.24, 2.45) is 11.8 Å². The lowest BCUT2D eigenvalue weighted by Crippen LogP contribution is -2.47. The molecule has 0 aliphatic heterocycles. The minimum atomic E-state index is -0.797. The summed E-state index contributed by atoms with van der Waals surface area (Å²) in [4.78, 5) is 41.3. The molecule has 1 fully saturated rings. The molecule has 0 spiro atoms. The number of carbonyl (C=O) groups excluding carboxylic acids is 3. The monoisotopic (exact) mass is 364 g/mol. The van der Waals surface area contributed by atoms with Gasteiger partial charge < -0.3 is 10.2 Å². The number of hydrogen-bond acceptors (Lipinski definition) is 5. The second-order valence-corrected chi connectivity index (χ2v) is 7.28. The number of aromatic nitrogens is 3. The molecule has 3 amide bonds. The zero-order valence-electron chi connectivity index (χ0n) is 15.9. The molecule has 144 valence electrons. The Morgan fingerprint density at radius 1 is 1.23 bits per heavy atom. The van der Waals surface area contributed by atoms with E-state index in [1.807, 2.05) is 0 Å². The molecule has 0 saturated heterocycles. The first-order valence-corrected chi connectivity index (χ1v) is 8.99. The van der Waals surface area contributed by atoms with E-state index in [0.717, 1.165) is 25.7 Å². The van der Waals surface area contributed by atoms with Crippen molar-refractivity contribution in [3.05, 3.63) is 6.33 Å². The van der Waals surface area contributed by atoms with Crippen LogP contribution >= 0.6 is 0 Å². The maximum absolute atomic E-state index is 12.2. The van der Waals surface area contributed by atoms with Crippen LogP contribution in [0.25, 0.3) is 0 Å². The van der Waals surface area contributed by atoms with Gasteiger partial charge in [0.05, 0.1) is 0 Å². The van der Waals surface area contributed by atoms with E-state index in [0.29, 0.717) is 11.8 Å². The normalized spacial score (nSPS) is 19.9. The summed E-state index contributed by atoms with van der Waals surface area (Å²) >= 11 is 0. The number of rotatable bonds is 5. The molecule has 1 aromatic heterocycles. The van der Waals surface area contributed by atoms with Gasteiger partial charge in [0.15, 0.2) is 0 Å². The summed E-state index contributed by atoms with van der Waals surface area (Å²) in [6.45, 7) is 4.29. The van der Waals surface area contributed by atoms with Gasteiger partial charge in [-0.3, -0.25) is 19.7 Å². The molecular weight excluding hydrogens is 336 g/mol. The van der Waals surface area contributed by atoms with E-state index in [4.69, 9.17) is 0 Å². The van der Waals surface area contributed by atoms with Crippen LogP contribution in [-0.2, 0) is 20.9 Å². The first-order chi connectivity index (χ1) is 12.3. The molecule has 1 aromatic rings. The first-order valence-electron chi connectivity index (χ1n) is 8.99. The summed E-state index contributed by atoms with van der Waals surface area (Å²) in [5.74, 6) is -0.786. The number of carbonyl (C=O) groups is 3.